The number of nitrogens with zero attached hydrogens (tertiary/aromatic N) is 1. The third-order valence-corrected chi connectivity index (χ3v) is 8.22. The van der Waals surface area contributed by atoms with Gasteiger partial charge in [0.15, 0.2) is 0 Å². The van der Waals surface area contributed by atoms with E-state index in [9.17, 15) is 0 Å². The molecule has 0 aliphatic rings. The number of fused-ring (bicyclic) bond motifs is 10. The lowest BCUT2D eigenvalue weighted by molar-refractivity contribution is 0.669. The fourth-order valence-electron chi connectivity index (χ4n) is 6.37. The van der Waals surface area contributed by atoms with Gasteiger partial charge in [-0.1, -0.05) is 78.9 Å². The molecular weight excluding hydrogens is 502 g/mol. The van der Waals surface area contributed by atoms with E-state index < -0.39 is 0 Å². The molecule has 0 saturated carbocycles. The third-order valence-electron chi connectivity index (χ3n) is 8.22. The number of rotatable bonds is 3. The molecule has 0 atom stereocenters. The van der Waals surface area contributed by atoms with Crippen molar-refractivity contribution in [3.63, 3.8) is 0 Å². The van der Waals surface area contributed by atoms with Crippen molar-refractivity contribution in [2.24, 2.45) is 0 Å². The van der Waals surface area contributed by atoms with Crippen LogP contribution in [0.5, 0.6) is 0 Å². The van der Waals surface area contributed by atoms with Crippen molar-refractivity contribution in [1.29, 1.82) is 0 Å². The SMILES string of the molecule is c1ccc(N(c2ccc3oc4ccc5ccccc5c4c3c2)c2ccc3oc4ccc5ccccc5c4c3c2)cc1. The van der Waals surface area contributed by atoms with Crippen LogP contribution in [0.25, 0.3) is 65.4 Å². The highest BCUT2D eigenvalue weighted by atomic mass is 16.3. The summed E-state index contributed by atoms with van der Waals surface area (Å²) in [5.41, 5.74) is 6.79. The number of benzene rings is 7. The van der Waals surface area contributed by atoms with Gasteiger partial charge >= 0.3 is 0 Å². The lowest BCUT2D eigenvalue weighted by atomic mass is 10.0. The van der Waals surface area contributed by atoms with Crippen LogP contribution in [-0.2, 0) is 0 Å². The molecule has 0 saturated heterocycles. The highest BCUT2D eigenvalue weighted by Crippen LogP contribution is 2.43. The normalized spacial score (nSPS) is 11.9. The van der Waals surface area contributed by atoms with Crippen LogP contribution < -0.4 is 4.90 Å². The van der Waals surface area contributed by atoms with E-state index in [2.05, 4.69) is 144 Å². The molecule has 9 rings (SSSR count). The Morgan fingerprint density at radius 3 is 1.34 bits per heavy atom. The molecule has 2 aromatic heterocycles. The molecule has 0 N–H and O–H groups in total. The zero-order valence-electron chi connectivity index (χ0n) is 22.0. The molecule has 3 heteroatoms. The van der Waals surface area contributed by atoms with E-state index in [1.54, 1.807) is 0 Å². The molecular formula is C38H23NO2. The van der Waals surface area contributed by atoms with E-state index in [0.29, 0.717) is 0 Å². The maximum Gasteiger partial charge on any atom is 0.136 e. The van der Waals surface area contributed by atoms with Gasteiger partial charge < -0.3 is 13.7 Å². The molecule has 0 spiro atoms. The van der Waals surface area contributed by atoms with E-state index in [0.717, 1.165) is 60.9 Å². The van der Waals surface area contributed by atoms with Crippen molar-refractivity contribution in [3.05, 3.63) is 140 Å². The van der Waals surface area contributed by atoms with Crippen LogP contribution in [0, 0.1) is 0 Å². The van der Waals surface area contributed by atoms with E-state index in [-0.39, 0.29) is 0 Å². The van der Waals surface area contributed by atoms with E-state index in [1.807, 2.05) is 0 Å². The minimum absolute atomic E-state index is 0.885. The Labute approximate surface area is 235 Å². The summed E-state index contributed by atoms with van der Waals surface area (Å²) in [4.78, 5) is 2.31. The molecule has 192 valence electrons. The maximum absolute atomic E-state index is 6.31. The topological polar surface area (TPSA) is 29.5 Å². The first kappa shape index (κ1) is 22.3. The van der Waals surface area contributed by atoms with Crippen LogP contribution in [0.1, 0.15) is 0 Å². The number of hydrogen-bond acceptors (Lipinski definition) is 3. The smallest absolute Gasteiger partial charge is 0.136 e. The monoisotopic (exact) mass is 525 g/mol. The van der Waals surface area contributed by atoms with Gasteiger partial charge in [0, 0.05) is 38.6 Å². The molecule has 0 amide bonds. The predicted octanol–water partition coefficient (Wildman–Crippen LogP) is 11.3. The van der Waals surface area contributed by atoms with Gasteiger partial charge in [-0.3, -0.25) is 0 Å². The lowest BCUT2D eigenvalue weighted by Crippen LogP contribution is -2.09. The number of para-hydroxylation sites is 1. The number of anilines is 3. The quantitative estimate of drug-likeness (QED) is 0.230. The average molecular weight is 526 g/mol. The molecule has 0 fully saturated rings. The van der Waals surface area contributed by atoms with Crippen molar-refractivity contribution in [2.75, 3.05) is 4.90 Å². The summed E-state index contributed by atoms with van der Waals surface area (Å²) in [6, 6.07) is 48.9. The minimum atomic E-state index is 0.885. The van der Waals surface area contributed by atoms with Crippen molar-refractivity contribution in [1.82, 2.24) is 0 Å². The fraction of sp³-hybridized carbons (Fsp3) is 0. The first-order chi connectivity index (χ1) is 20.3. The van der Waals surface area contributed by atoms with E-state index in [1.165, 1.54) is 21.5 Å². The Balaban J connectivity index is 1.32. The summed E-state index contributed by atoms with van der Waals surface area (Å²) in [5.74, 6) is 0. The molecule has 0 aliphatic carbocycles. The predicted molar refractivity (Wildman–Crippen MR) is 171 cm³/mol. The Morgan fingerprint density at radius 2 is 0.805 bits per heavy atom. The Bertz CT molecular complexity index is 2280. The second-order valence-corrected chi connectivity index (χ2v) is 10.6. The summed E-state index contributed by atoms with van der Waals surface area (Å²) >= 11 is 0. The first-order valence-electron chi connectivity index (χ1n) is 13.9. The van der Waals surface area contributed by atoms with Crippen molar-refractivity contribution in [2.45, 2.75) is 0 Å². The van der Waals surface area contributed by atoms with Gasteiger partial charge in [-0.25, -0.2) is 0 Å². The molecule has 3 nitrogen and oxygen atoms in total. The van der Waals surface area contributed by atoms with Crippen LogP contribution >= 0.6 is 0 Å². The molecule has 41 heavy (non-hydrogen) atoms. The maximum atomic E-state index is 6.31. The standard InChI is InChI=1S/C38H23NO2/c1-2-10-26(11-3-1)39(27-16-20-33-31(22-27)37-29-12-6-4-8-24(29)14-18-35(37)40-33)28-17-21-34-32(23-28)38-30-13-7-5-9-25(30)15-19-36(38)41-34/h1-23H. The summed E-state index contributed by atoms with van der Waals surface area (Å²) in [6.07, 6.45) is 0. The third kappa shape index (κ3) is 3.33. The largest absolute Gasteiger partial charge is 0.456 e. The Morgan fingerprint density at radius 1 is 0.341 bits per heavy atom. The van der Waals surface area contributed by atoms with Gasteiger partial charge in [0.1, 0.15) is 22.3 Å². The minimum Gasteiger partial charge on any atom is -0.456 e. The summed E-state index contributed by atoms with van der Waals surface area (Å²) in [7, 11) is 0. The summed E-state index contributed by atoms with van der Waals surface area (Å²) in [6.45, 7) is 0. The van der Waals surface area contributed by atoms with Gasteiger partial charge in [0.2, 0.25) is 0 Å². The zero-order valence-corrected chi connectivity index (χ0v) is 22.0. The van der Waals surface area contributed by atoms with Crippen molar-refractivity contribution < 1.29 is 8.83 Å². The van der Waals surface area contributed by atoms with Crippen LogP contribution in [0.4, 0.5) is 17.1 Å². The van der Waals surface area contributed by atoms with E-state index in [4.69, 9.17) is 8.83 Å². The summed E-state index contributed by atoms with van der Waals surface area (Å²) < 4.78 is 12.6. The van der Waals surface area contributed by atoms with Crippen molar-refractivity contribution >= 4 is 82.5 Å². The molecule has 0 bridgehead atoms. The first-order valence-corrected chi connectivity index (χ1v) is 13.9. The number of furan rings is 2. The second-order valence-electron chi connectivity index (χ2n) is 10.6. The fourth-order valence-corrected chi connectivity index (χ4v) is 6.37. The average Bonchev–Trinajstić information content (AvgIpc) is 3.60. The van der Waals surface area contributed by atoms with Crippen molar-refractivity contribution in [3.8, 4) is 0 Å². The van der Waals surface area contributed by atoms with Gasteiger partial charge in [0.25, 0.3) is 0 Å². The lowest BCUT2D eigenvalue weighted by Gasteiger charge is -2.25. The zero-order chi connectivity index (χ0) is 26.9. The molecule has 7 aromatic carbocycles. The molecule has 0 unspecified atom stereocenters. The van der Waals surface area contributed by atoms with E-state index >= 15 is 0 Å². The highest BCUT2D eigenvalue weighted by molar-refractivity contribution is 6.20. The van der Waals surface area contributed by atoms with Gasteiger partial charge in [-0.15, -0.1) is 0 Å². The van der Waals surface area contributed by atoms with Gasteiger partial charge in [-0.2, -0.15) is 0 Å². The molecule has 0 radical (unpaired) electrons. The Hall–Kier alpha value is -5.54. The van der Waals surface area contributed by atoms with Crippen LogP contribution in [0.3, 0.4) is 0 Å². The van der Waals surface area contributed by atoms with Gasteiger partial charge in [0.05, 0.1) is 0 Å². The second kappa shape index (κ2) is 8.48. The Kier molecular flexibility index (Phi) is 4.61. The molecule has 2 heterocycles. The summed E-state index contributed by atoms with van der Waals surface area (Å²) in [5, 5.41) is 9.32. The van der Waals surface area contributed by atoms with Crippen LogP contribution in [0.2, 0.25) is 0 Å². The highest BCUT2D eigenvalue weighted by Gasteiger charge is 2.18. The van der Waals surface area contributed by atoms with Gasteiger partial charge in [-0.05, 0) is 82.2 Å². The molecule has 0 aliphatic heterocycles. The van der Waals surface area contributed by atoms with Crippen LogP contribution in [-0.4, -0.2) is 0 Å². The number of hydrogen-bond donors (Lipinski definition) is 0. The van der Waals surface area contributed by atoms with Crippen LogP contribution in [0.15, 0.2) is 148 Å². The molecule has 9 aromatic rings.